The molecule has 0 fully saturated rings. The number of pyridine rings is 1. The largest absolute Gasteiger partial charge is 0.256 e. The van der Waals surface area contributed by atoms with Gasteiger partial charge in [0.15, 0.2) is 0 Å². The SMILES string of the molecule is [c]1ccc(-c2ccc3c(ccc4cccnc43)c2)cc1. The predicted octanol–water partition coefficient (Wildman–Crippen LogP) is 4.86. The molecule has 4 aromatic rings. The summed E-state index contributed by atoms with van der Waals surface area (Å²) in [7, 11) is 0. The van der Waals surface area contributed by atoms with E-state index in [1.165, 1.54) is 27.3 Å². The smallest absolute Gasteiger partial charge is 0.0780 e. The average Bonchev–Trinajstić information content (AvgIpc) is 2.55. The van der Waals surface area contributed by atoms with Crippen LogP contribution in [0, 0.1) is 6.07 Å². The lowest BCUT2D eigenvalue weighted by molar-refractivity contribution is 1.43. The Hall–Kier alpha value is -2.67. The Kier molecular flexibility index (Phi) is 2.49. The minimum Gasteiger partial charge on any atom is -0.256 e. The third-order valence-electron chi connectivity index (χ3n) is 3.64. The normalized spacial score (nSPS) is 11.0. The molecule has 0 spiro atoms. The van der Waals surface area contributed by atoms with Gasteiger partial charge in [-0.25, -0.2) is 0 Å². The van der Waals surface area contributed by atoms with Gasteiger partial charge in [0.2, 0.25) is 0 Å². The van der Waals surface area contributed by atoms with Gasteiger partial charge >= 0.3 is 0 Å². The molecule has 0 bridgehead atoms. The maximum Gasteiger partial charge on any atom is 0.0780 e. The molecule has 0 aliphatic carbocycles. The van der Waals surface area contributed by atoms with Crippen molar-refractivity contribution in [3.8, 4) is 11.1 Å². The number of hydrogen-bond donors (Lipinski definition) is 0. The lowest BCUT2D eigenvalue weighted by Gasteiger charge is -2.06. The molecule has 0 amide bonds. The van der Waals surface area contributed by atoms with Crippen molar-refractivity contribution in [2.75, 3.05) is 0 Å². The van der Waals surface area contributed by atoms with E-state index in [2.05, 4.69) is 59.6 Å². The van der Waals surface area contributed by atoms with E-state index in [4.69, 9.17) is 0 Å². The van der Waals surface area contributed by atoms with Gasteiger partial charge in [-0.1, -0.05) is 54.6 Å². The molecule has 1 nitrogen and oxygen atoms in total. The highest BCUT2D eigenvalue weighted by atomic mass is 14.6. The zero-order valence-corrected chi connectivity index (χ0v) is 10.9. The van der Waals surface area contributed by atoms with Crippen LogP contribution >= 0.6 is 0 Å². The standard InChI is InChI=1S/C19H12N/c1-2-5-14(6-3-1)16-10-11-18-17(13-16)9-8-15-7-4-12-20-19(15)18/h2-13H. The molecule has 0 atom stereocenters. The molecule has 3 aromatic carbocycles. The highest BCUT2D eigenvalue weighted by molar-refractivity contribution is 6.06. The fourth-order valence-electron chi connectivity index (χ4n) is 2.63. The van der Waals surface area contributed by atoms with E-state index in [1.807, 2.05) is 24.4 Å². The summed E-state index contributed by atoms with van der Waals surface area (Å²) in [5.74, 6) is 0. The molecule has 1 heterocycles. The van der Waals surface area contributed by atoms with E-state index in [0.717, 1.165) is 5.52 Å². The van der Waals surface area contributed by atoms with Crippen molar-refractivity contribution in [1.82, 2.24) is 4.98 Å². The predicted molar refractivity (Wildman–Crippen MR) is 83.5 cm³/mol. The van der Waals surface area contributed by atoms with Crippen molar-refractivity contribution < 1.29 is 0 Å². The second-order valence-electron chi connectivity index (χ2n) is 4.87. The Morgan fingerprint density at radius 1 is 0.750 bits per heavy atom. The van der Waals surface area contributed by atoms with Gasteiger partial charge in [0.25, 0.3) is 0 Å². The Morgan fingerprint density at radius 2 is 1.60 bits per heavy atom. The number of fused-ring (bicyclic) bond motifs is 3. The third-order valence-corrected chi connectivity index (χ3v) is 3.64. The lowest BCUT2D eigenvalue weighted by atomic mass is 9.99. The molecule has 0 saturated carbocycles. The summed E-state index contributed by atoms with van der Waals surface area (Å²) in [6.45, 7) is 0. The Bertz CT molecular complexity index is 895. The molecular weight excluding hydrogens is 242 g/mol. The van der Waals surface area contributed by atoms with Gasteiger partial charge < -0.3 is 0 Å². The van der Waals surface area contributed by atoms with Crippen molar-refractivity contribution >= 4 is 21.7 Å². The quantitative estimate of drug-likeness (QED) is 0.442. The average molecular weight is 254 g/mol. The van der Waals surface area contributed by atoms with Gasteiger partial charge in [0, 0.05) is 17.0 Å². The first-order chi connectivity index (χ1) is 9.92. The molecule has 1 heteroatoms. The van der Waals surface area contributed by atoms with Crippen LogP contribution < -0.4 is 0 Å². The second kappa shape index (κ2) is 4.46. The van der Waals surface area contributed by atoms with Gasteiger partial charge in [0.05, 0.1) is 5.52 Å². The first kappa shape index (κ1) is 11.2. The molecule has 0 aliphatic rings. The van der Waals surface area contributed by atoms with Crippen molar-refractivity contribution in [3.63, 3.8) is 0 Å². The van der Waals surface area contributed by atoms with E-state index in [0.29, 0.717) is 0 Å². The van der Waals surface area contributed by atoms with Crippen LogP contribution in [0.15, 0.2) is 72.9 Å². The second-order valence-corrected chi connectivity index (χ2v) is 4.87. The summed E-state index contributed by atoms with van der Waals surface area (Å²) in [6.07, 6.45) is 1.85. The Labute approximate surface area is 117 Å². The third kappa shape index (κ3) is 1.76. The van der Waals surface area contributed by atoms with Crippen LogP contribution in [0.3, 0.4) is 0 Å². The van der Waals surface area contributed by atoms with Gasteiger partial charge in [-0.3, -0.25) is 4.98 Å². The maximum absolute atomic E-state index is 4.51. The van der Waals surface area contributed by atoms with Crippen LogP contribution in [-0.2, 0) is 0 Å². The molecule has 0 saturated heterocycles. The van der Waals surface area contributed by atoms with Crippen molar-refractivity contribution in [2.24, 2.45) is 0 Å². The van der Waals surface area contributed by atoms with Crippen LogP contribution in [0.4, 0.5) is 0 Å². The van der Waals surface area contributed by atoms with E-state index in [1.54, 1.807) is 0 Å². The first-order valence-electron chi connectivity index (χ1n) is 6.66. The topological polar surface area (TPSA) is 12.9 Å². The summed E-state index contributed by atoms with van der Waals surface area (Å²) >= 11 is 0. The molecule has 20 heavy (non-hydrogen) atoms. The highest BCUT2D eigenvalue weighted by Crippen LogP contribution is 2.28. The molecule has 0 aliphatic heterocycles. The zero-order valence-electron chi connectivity index (χ0n) is 10.9. The zero-order chi connectivity index (χ0) is 13.4. The van der Waals surface area contributed by atoms with Gasteiger partial charge in [-0.15, -0.1) is 0 Å². The fraction of sp³-hybridized carbons (Fsp3) is 0. The fourth-order valence-corrected chi connectivity index (χ4v) is 2.63. The number of benzene rings is 3. The Morgan fingerprint density at radius 3 is 2.50 bits per heavy atom. The van der Waals surface area contributed by atoms with Crippen LogP contribution in [-0.4, -0.2) is 4.98 Å². The summed E-state index contributed by atoms with van der Waals surface area (Å²) in [5, 5.41) is 3.61. The van der Waals surface area contributed by atoms with Gasteiger partial charge in [0.1, 0.15) is 0 Å². The van der Waals surface area contributed by atoms with Crippen LogP contribution in [0.1, 0.15) is 0 Å². The Balaban J connectivity index is 1.99. The molecular formula is C19H12N. The minimum atomic E-state index is 1.07. The van der Waals surface area contributed by atoms with Crippen LogP contribution in [0.2, 0.25) is 0 Å². The number of nitrogens with zero attached hydrogens (tertiary/aromatic N) is 1. The first-order valence-corrected chi connectivity index (χ1v) is 6.66. The monoisotopic (exact) mass is 254 g/mol. The summed E-state index contributed by atoms with van der Waals surface area (Å²) in [6, 6.07) is 26.0. The van der Waals surface area contributed by atoms with Crippen LogP contribution in [0.25, 0.3) is 32.8 Å². The molecule has 0 unspecified atom stereocenters. The van der Waals surface area contributed by atoms with Crippen molar-refractivity contribution in [3.05, 3.63) is 79.0 Å². The number of hydrogen-bond acceptors (Lipinski definition) is 1. The van der Waals surface area contributed by atoms with E-state index < -0.39 is 0 Å². The van der Waals surface area contributed by atoms with E-state index in [-0.39, 0.29) is 0 Å². The summed E-state index contributed by atoms with van der Waals surface area (Å²) in [4.78, 5) is 4.51. The van der Waals surface area contributed by atoms with Crippen molar-refractivity contribution in [2.45, 2.75) is 0 Å². The molecule has 1 aromatic heterocycles. The van der Waals surface area contributed by atoms with Crippen LogP contribution in [0.5, 0.6) is 0 Å². The number of rotatable bonds is 1. The molecule has 0 N–H and O–H groups in total. The lowest BCUT2D eigenvalue weighted by Crippen LogP contribution is -1.83. The van der Waals surface area contributed by atoms with Crippen molar-refractivity contribution in [1.29, 1.82) is 0 Å². The molecule has 4 rings (SSSR count). The molecule has 1 radical (unpaired) electrons. The van der Waals surface area contributed by atoms with Gasteiger partial charge in [-0.2, -0.15) is 0 Å². The van der Waals surface area contributed by atoms with E-state index >= 15 is 0 Å². The maximum atomic E-state index is 4.51. The van der Waals surface area contributed by atoms with E-state index in [9.17, 15) is 0 Å². The summed E-state index contributed by atoms with van der Waals surface area (Å²) < 4.78 is 0. The number of aromatic nitrogens is 1. The summed E-state index contributed by atoms with van der Waals surface area (Å²) in [5.41, 5.74) is 3.51. The minimum absolute atomic E-state index is 1.07. The highest BCUT2D eigenvalue weighted by Gasteiger charge is 2.03. The molecule has 93 valence electrons. The van der Waals surface area contributed by atoms with Gasteiger partial charge in [-0.05, 0) is 34.7 Å².